The average Bonchev–Trinajstić information content (AvgIpc) is 2.41. The minimum atomic E-state index is 1.00. The molecule has 0 fully saturated rings. The van der Waals surface area contributed by atoms with Crippen molar-refractivity contribution in [2.24, 2.45) is 0 Å². The van der Waals surface area contributed by atoms with E-state index in [1.165, 1.54) is 18.4 Å². The van der Waals surface area contributed by atoms with Gasteiger partial charge in [-0.1, -0.05) is 18.2 Å². The first-order valence-electron chi connectivity index (χ1n) is 6.73. The van der Waals surface area contributed by atoms with Crippen LogP contribution in [0.5, 0.6) is 5.75 Å². The van der Waals surface area contributed by atoms with Crippen LogP contribution < -0.4 is 10.1 Å². The zero-order valence-electron chi connectivity index (χ0n) is 11.9. The molecule has 1 N–H and O–H groups in total. The van der Waals surface area contributed by atoms with E-state index in [2.05, 4.69) is 29.4 Å². The first kappa shape index (κ1) is 15.0. The predicted molar refractivity (Wildman–Crippen MR) is 77.4 cm³/mol. The molecule has 0 spiro atoms. The van der Waals surface area contributed by atoms with Gasteiger partial charge in [0.05, 0.1) is 7.11 Å². The Hall–Kier alpha value is -1.06. The van der Waals surface area contributed by atoms with Crippen molar-refractivity contribution in [3.05, 3.63) is 29.8 Å². The topological polar surface area (TPSA) is 24.5 Å². The predicted octanol–water partition coefficient (Wildman–Crippen LogP) is 2.17. The van der Waals surface area contributed by atoms with Gasteiger partial charge in [0.1, 0.15) is 5.75 Å². The van der Waals surface area contributed by atoms with Gasteiger partial charge < -0.3 is 15.0 Å². The first-order chi connectivity index (χ1) is 8.77. The van der Waals surface area contributed by atoms with Gasteiger partial charge >= 0.3 is 0 Å². The van der Waals surface area contributed by atoms with Crippen molar-refractivity contribution in [2.45, 2.75) is 19.3 Å². The second kappa shape index (κ2) is 8.95. The second-order valence-electron chi connectivity index (χ2n) is 4.68. The Morgan fingerprint density at radius 3 is 2.67 bits per heavy atom. The highest BCUT2D eigenvalue weighted by molar-refractivity contribution is 5.33. The fourth-order valence-corrected chi connectivity index (χ4v) is 2.02. The fraction of sp³-hybridized carbons (Fsp3) is 0.600. The Morgan fingerprint density at radius 2 is 1.94 bits per heavy atom. The third kappa shape index (κ3) is 5.52. The van der Waals surface area contributed by atoms with Crippen LogP contribution in [0.4, 0.5) is 0 Å². The number of likely N-dealkylation sites (N-methyl/N-ethyl adjacent to an activating group) is 1. The van der Waals surface area contributed by atoms with Crippen LogP contribution >= 0.6 is 0 Å². The Morgan fingerprint density at radius 1 is 1.17 bits per heavy atom. The Labute approximate surface area is 111 Å². The third-order valence-electron chi connectivity index (χ3n) is 3.17. The lowest BCUT2D eigenvalue weighted by molar-refractivity contribution is 0.326. The lowest BCUT2D eigenvalue weighted by Crippen LogP contribution is -2.23. The number of nitrogens with zero attached hydrogens (tertiary/aromatic N) is 1. The molecular weight excluding hydrogens is 224 g/mol. The summed E-state index contributed by atoms with van der Waals surface area (Å²) in [4.78, 5) is 2.39. The van der Waals surface area contributed by atoms with Crippen molar-refractivity contribution in [2.75, 3.05) is 40.8 Å². The summed E-state index contributed by atoms with van der Waals surface area (Å²) in [6.45, 7) is 3.36. The van der Waals surface area contributed by atoms with Crippen molar-refractivity contribution >= 4 is 0 Å². The summed E-state index contributed by atoms with van der Waals surface area (Å²) in [6, 6.07) is 8.27. The Balaban J connectivity index is 2.26. The van der Waals surface area contributed by atoms with E-state index in [1.807, 2.05) is 19.2 Å². The van der Waals surface area contributed by atoms with Crippen LogP contribution in [0.3, 0.4) is 0 Å². The van der Waals surface area contributed by atoms with Gasteiger partial charge in [0.2, 0.25) is 0 Å². The molecule has 0 aromatic heterocycles. The molecule has 102 valence electrons. The van der Waals surface area contributed by atoms with E-state index in [0.29, 0.717) is 0 Å². The van der Waals surface area contributed by atoms with E-state index < -0.39 is 0 Å². The minimum Gasteiger partial charge on any atom is -0.496 e. The molecule has 3 heteroatoms. The molecule has 1 rings (SSSR count). The highest BCUT2D eigenvalue weighted by Gasteiger charge is 2.03. The molecular formula is C15H26N2O. The van der Waals surface area contributed by atoms with Gasteiger partial charge in [-0.25, -0.2) is 0 Å². The van der Waals surface area contributed by atoms with Crippen molar-refractivity contribution in [3.8, 4) is 5.75 Å². The number of nitrogens with one attached hydrogen (secondary N) is 1. The third-order valence-corrected chi connectivity index (χ3v) is 3.17. The number of hydrogen-bond donors (Lipinski definition) is 1. The van der Waals surface area contributed by atoms with E-state index in [9.17, 15) is 0 Å². The number of rotatable bonds is 9. The van der Waals surface area contributed by atoms with Crippen LogP contribution in [0, 0.1) is 0 Å². The second-order valence-corrected chi connectivity index (χ2v) is 4.68. The summed E-state index contributed by atoms with van der Waals surface area (Å²) in [5, 5.41) is 3.18. The molecule has 0 aliphatic rings. The molecule has 0 atom stereocenters. The molecule has 0 aliphatic carbocycles. The molecule has 0 aliphatic heterocycles. The average molecular weight is 250 g/mol. The molecule has 0 unspecified atom stereocenters. The van der Waals surface area contributed by atoms with Gasteiger partial charge in [-0.15, -0.1) is 0 Å². The minimum absolute atomic E-state index is 1.00. The Bertz CT molecular complexity index is 328. The molecule has 18 heavy (non-hydrogen) atoms. The highest BCUT2D eigenvalue weighted by atomic mass is 16.5. The number of hydrogen-bond acceptors (Lipinski definition) is 3. The number of methoxy groups -OCH3 is 1. The summed E-state index contributed by atoms with van der Waals surface area (Å²) in [6.07, 6.45) is 3.55. The lowest BCUT2D eigenvalue weighted by Gasteiger charge is -2.17. The molecule has 3 nitrogen and oxygen atoms in total. The summed E-state index contributed by atoms with van der Waals surface area (Å²) < 4.78 is 5.36. The van der Waals surface area contributed by atoms with Crippen LogP contribution in [0.1, 0.15) is 18.4 Å². The van der Waals surface area contributed by atoms with Crippen LogP contribution in [0.15, 0.2) is 24.3 Å². The quantitative estimate of drug-likeness (QED) is 0.680. The number of unbranched alkanes of at least 4 members (excludes halogenated alkanes) is 1. The largest absolute Gasteiger partial charge is 0.496 e. The number of para-hydroxylation sites is 1. The maximum atomic E-state index is 5.36. The maximum absolute atomic E-state index is 5.36. The molecule has 0 radical (unpaired) electrons. The molecule has 0 amide bonds. The lowest BCUT2D eigenvalue weighted by atomic mass is 10.1. The monoisotopic (exact) mass is 250 g/mol. The SMILES string of the molecule is CNCCCCN(C)CCc1ccccc1OC. The van der Waals surface area contributed by atoms with E-state index in [0.717, 1.165) is 31.8 Å². The molecule has 0 saturated carbocycles. The van der Waals surface area contributed by atoms with E-state index >= 15 is 0 Å². The smallest absolute Gasteiger partial charge is 0.122 e. The van der Waals surface area contributed by atoms with E-state index in [-0.39, 0.29) is 0 Å². The Kier molecular flexibility index (Phi) is 7.46. The highest BCUT2D eigenvalue weighted by Crippen LogP contribution is 2.17. The molecule has 0 heterocycles. The van der Waals surface area contributed by atoms with Crippen molar-refractivity contribution in [1.82, 2.24) is 10.2 Å². The molecule has 0 saturated heterocycles. The van der Waals surface area contributed by atoms with E-state index in [4.69, 9.17) is 4.74 Å². The van der Waals surface area contributed by atoms with Crippen molar-refractivity contribution < 1.29 is 4.74 Å². The van der Waals surface area contributed by atoms with Crippen molar-refractivity contribution in [3.63, 3.8) is 0 Å². The van der Waals surface area contributed by atoms with Gasteiger partial charge in [0, 0.05) is 6.54 Å². The molecule has 1 aromatic rings. The van der Waals surface area contributed by atoms with Gasteiger partial charge in [0.25, 0.3) is 0 Å². The number of ether oxygens (including phenoxy) is 1. The maximum Gasteiger partial charge on any atom is 0.122 e. The fourth-order valence-electron chi connectivity index (χ4n) is 2.02. The first-order valence-corrected chi connectivity index (χ1v) is 6.73. The zero-order chi connectivity index (χ0) is 13.2. The van der Waals surface area contributed by atoms with Crippen LogP contribution in [-0.2, 0) is 6.42 Å². The summed E-state index contributed by atoms with van der Waals surface area (Å²) >= 11 is 0. The zero-order valence-corrected chi connectivity index (χ0v) is 11.9. The molecule has 1 aromatic carbocycles. The summed E-state index contributed by atoms with van der Waals surface area (Å²) in [5.41, 5.74) is 1.29. The molecule has 0 bridgehead atoms. The van der Waals surface area contributed by atoms with Gasteiger partial charge in [-0.2, -0.15) is 0 Å². The van der Waals surface area contributed by atoms with Crippen molar-refractivity contribution in [1.29, 1.82) is 0 Å². The number of benzene rings is 1. The van der Waals surface area contributed by atoms with Gasteiger partial charge in [-0.05, 0) is 58.1 Å². The van der Waals surface area contributed by atoms with Crippen LogP contribution in [0.2, 0.25) is 0 Å². The van der Waals surface area contributed by atoms with Gasteiger partial charge in [0.15, 0.2) is 0 Å². The van der Waals surface area contributed by atoms with E-state index in [1.54, 1.807) is 7.11 Å². The van der Waals surface area contributed by atoms with Crippen LogP contribution in [0.25, 0.3) is 0 Å². The summed E-state index contributed by atoms with van der Waals surface area (Å²) in [7, 11) is 5.93. The normalized spacial score (nSPS) is 10.9. The standard InChI is InChI=1S/C15H26N2O/c1-16-11-6-7-12-17(2)13-10-14-8-4-5-9-15(14)18-3/h4-5,8-9,16H,6-7,10-13H2,1-3H3. The van der Waals surface area contributed by atoms with Crippen LogP contribution in [-0.4, -0.2) is 45.7 Å². The van der Waals surface area contributed by atoms with Gasteiger partial charge in [-0.3, -0.25) is 0 Å². The summed E-state index contributed by atoms with van der Waals surface area (Å²) in [5.74, 6) is 1.00.